The Morgan fingerprint density at radius 1 is 1.48 bits per heavy atom. The molecule has 0 unspecified atom stereocenters. The fraction of sp³-hybridized carbons (Fsp3) is 0.333. The van der Waals surface area contributed by atoms with Crippen LogP contribution in [0.1, 0.15) is 18.4 Å². The Kier molecular flexibility index (Phi) is 4.57. The molecule has 0 atom stereocenters. The van der Waals surface area contributed by atoms with Crippen LogP contribution in [0.25, 0.3) is 6.08 Å². The van der Waals surface area contributed by atoms with E-state index in [9.17, 15) is 14.0 Å². The Morgan fingerprint density at radius 2 is 2.19 bits per heavy atom. The number of halogens is 1. The van der Waals surface area contributed by atoms with Gasteiger partial charge in [-0.25, -0.2) is 9.18 Å². The summed E-state index contributed by atoms with van der Waals surface area (Å²) in [4.78, 5) is 24.0. The largest absolute Gasteiger partial charge is 0.478 e. The number of anilines is 1. The second-order valence-corrected chi connectivity index (χ2v) is 5.04. The zero-order valence-corrected chi connectivity index (χ0v) is 11.7. The van der Waals surface area contributed by atoms with Crippen LogP contribution in [0.5, 0.6) is 0 Å². The van der Waals surface area contributed by atoms with Crippen molar-refractivity contribution in [3.63, 3.8) is 0 Å². The number of rotatable bonds is 6. The summed E-state index contributed by atoms with van der Waals surface area (Å²) in [6.07, 6.45) is 4.08. The number of likely N-dealkylation sites (N-methyl/N-ethyl adjacent to an activating group) is 1. The molecule has 1 amide bonds. The monoisotopic (exact) mass is 292 g/mol. The van der Waals surface area contributed by atoms with Crippen molar-refractivity contribution in [2.75, 3.05) is 18.5 Å². The van der Waals surface area contributed by atoms with Crippen LogP contribution in [-0.4, -0.2) is 36.6 Å². The number of hydrogen-bond acceptors (Lipinski definition) is 3. The summed E-state index contributed by atoms with van der Waals surface area (Å²) in [5, 5.41) is 11.5. The maximum atomic E-state index is 13.8. The quantitative estimate of drug-likeness (QED) is 0.782. The van der Waals surface area contributed by atoms with E-state index < -0.39 is 11.8 Å². The van der Waals surface area contributed by atoms with Crippen molar-refractivity contribution in [3.05, 3.63) is 35.7 Å². The number of nitrogens with one attached hydrogen (secondary N) is 1. The Bertz CT molecular complexity index is 582. The minimum Gasteiger partial charge on any atom is -0.478 e. The molecule has 0 heterocycles. The first kappa shape index (κ1) is 15.0. The summed E-state index contributed by atoms with van der Waals surface area (Å²) >= 11 is 0. The number of carbonyl (C=O) groups is 2. The number of amides is 1. The molecule has 1 saturated carbocycles. The van der Waals surface area contributed by atoms with Gasteiger partial charge < -0.3 is 15.3 Å². The highest BCUT2D eigenvalue weighted by Gasteiger charge is 2.24. The molecular weight excluding hydrogens is 275 g/mol. The van der Waals surface area contributed by atoms with Crippen LogP contribution in [0.3, 0.4) is 0 Å². The van der Waals surface area contributed by atoms with Gasteiger partial charge in [-0.2, -0.15) is 0 Å². The Hall–Kier alpha value is -2.37. The molecule has 2 N–H and O–H groups in total. The van der Waals surface area contributed by atoms with Crippen LogP contribution in [0.15, 0.2) is 24.3 Å². The van der Waals surface area contributed by atoms with Gasteiger partial charge in [0, 0.05) is 30.4 Å². The number of hydrogen-bond donors (Lipinski definition) is 2. The van der Waals surface area contributed by atoms with Gasteiger partial charge in [0.15, 0.2) is 0 Å². The van der Waals surface area contributed by atoms with E-state index in [4.69, 9.17) is 5.11 Å². The molecule has 1 aromatic carbocycles. The van der Waals surface area contributed by atoms with Gasteiger partial charge in [0.1, 0.15) is 5.82 Å². The van der Waals surface area contributed by atoms with Gasteiger partial charge in [-0.05, 0) is 31.1 Å². The summed E-state index contributed by atoms with van der Waals surface area (Å²) in [6.45, 7) is 0.0911. The van der Waals surface area contributed by atoms with Crippen molar-refractivity contribution in [3.8, 4) is 0 Å². The normalized spacial score (nSPS) is 14.2. The van der Waals surface area contributed by atoms with Crippen LogP contribution in [0.2, 0.25) is 0 Å². The van der Waals surface area contributed by atoms with E-state index in [0.717, 1.165) is 18.9 Å². The molecule has 1 fully saturated rings. The lowest BCUT2D eigenvalue weighted by Crippen LogP contribution is -2.36. The summed E-state index contributed by atoms with van der Waals surface area (Å²) < 4.78 is 13.8. The number of benzene rings is 1. The predicted octanol–water partition coefficient (Wildman–Crippen LogP) is 1.64. The topological polar surface area (TPSA) is 69.6 Å². The van der Waals surface area contributed by atoms with Gasteiger partial charge in [0.2, 0.25) is 5.91 Å². The summed E-state index contributed by atoms with van der Waals surface area (Å²) in [6, 6.07) is 4.70. The highest BCUT2D eigenvalue weighted by molar-refractivity contribution is 5.88. The molecule has 5 nitrogen and oxygen atoms in total. The second kappa shape index (κ2) is 6.39. The number of carbonyl (C=O) groups excluding carboxylic acids is 1. The van der Waals surface area contributed by atoms with Crippen molar-refractivity contribution in [2.45, 2.75) is 18.9 Å². The van der Waals surface area contributed by atoms with Gasteiger partial charge in [-0.1, -0.05) is 6.07 Å². The smallest absolute Gasteiger partial charge is 0.328 e. The van der Waals surface area contributed by atoms with Crippen molar-refractivity contribution < 1.29 is 19.1 Å². The zero-order chi connectivity index (χ0) is 15.4. The maximum absolute atomic E-state index is 13.8. The van der Waals surface area contributed by atoms with Gasteiger partial charge in [0.25, 0.3) is 0 Å². The van der Waals surface area contributed by atoms with E-state index in [0.29, 0.717) is 5.69 Å². The molecular formula is C15H17FN2O3. The van der Waals surface area contributed by atoms with Crippen LogP contribution in [0.4, 0.5) is 10.1 Å². The zero-order valence-electron chi connectivity index (χ0n) is 11.7. The highest BCUT2D eigenvalue weighted by Crippen LogP contribution is 2.24. The number of nitrogens with zero attached hydrogens (tertiary/aromatic N) is 1. The Labute approximate surface area is 122 Å². The summed E-state index contributed by atoms with van der Waals surface area (Å²) in [7, 11) is 1.67. The molecule has 21 heavy (non-hydrogen) atoms. The third-order valence-electron chi connectivity index (χ3n) is 3.16. The number of carboxylic acids is 1. The third kappa shape index (κ3) is 4.30. The molecule has 0 aliphatic heterocycles. The fourth-order valence-corrected chi connectivity index (χ4v) is 1.98. The SMILES string of the molecule is CN(CC(=O)NC1CC1)c1cccc(F)c1/C=C/C(=O)O. The lowest BCUT2D eigenvalue weighted by molar-refractivity contribution is -0.131. The molecule has 0 aromatic heterocycles. The second-order valence-electron chi connectivity index (χ2n) is 5.04. The minimum absolute atomic E-state index is 0.0911. The summed E-state index contributed by atoms with van der Waals surface area (Å²) in [5.41, 5.74) is 0.625. The lowest BCUT2D eigenvalue weighted by Gasteiger charge is -2.21. The molecule has 1 aromatic rings. The molecule has 1 aliphatic carbocycles. The first-order valence-corrected chi connectivity index (χ1v) is 6.67. The average Bonchev–Trinajstić information content (AvgIpc) is 3.20. The van der Waals surface area contributed by atoms with Gasteiger partial charge in [-0.3, -0.25) is 4.79 Å². The van der Waals surface area contributed by atoms with E-state index in [1.165, 1.54) is 18.2 Å². The number of aliphatic carboxylic acids is 1. The van der Waals surface area contributed by atoms with Crippen LogP contribution in [-0.2, 0) is 9.59 Å². The molecule has 0 radical (unpaired) electrons. The molecule has 0 saturated heterocycles. The summed E-state index contributed by atoms with van der Waals surface area (Å²) in [5.74, 6) is -1.81. The average molecular weight is 292 g/mol. The van der Waals surface area contributed by atoms with Crippen molar-refractivity contribution in [1.82, 2.24) is 5.32 Å². The van der Waals surface area contributed by atoms with E-state index in [-0.39, 0.29) is 24.1 Å². The van der Waals surface area contributed by atoms with Gasteiger partial charge in [0.05, 0.1) is 6.54 Å². The lowest BCUT2D eigenvalue weighted by atomic mass is 10.1. The van der Waals surface area contributed by atoms with Crippen LogP contribution >= 0.6 is 0 Å². The van der Waals surface area contributed by atoms with Crippen LogP contribution < -0.4 is 10.2 Å². The van der Waals surface area contributed by atoms with Crippen LogP contribution in [0, 0.1) is 5.82 Å². The molecule has 1 aliphatic rings. The minimum atomic E-state index is -1.15. The van der Waals surface area contributed by atoms with E-state index in [1.807, 2.05) is 0 Å². The first-order chi connectivity index (χ1) is 9.97. The maximum Gasteiger partial charge on any atom is 0.328 e. The molecule has 0 spiro atoms. The van der Waals surface area contributed by atoms with Crippen molar-refractivity contribution >= 4 is 23.6 Å². The molecule has 6 heteroatoms. The Morgan fingerprint density at radius 3 is 2.81 bits per heavy atom. The first-order valence-electron chi connectivity index (χ1n) is 6.67. The Balaban J connectivity index is 2.14. The third-order valence-corrected chi connectivity index (χ3v) is 3.16. The molecule has 112 valence electrons. The fourth-order valence-electron chi connectivity index (χ4n) is 1.98. The van der Waals surface area contributed by atoms with Gasteiger partial charge in [-0.15, -0.1) is 0 Å². The van der Waals surface area contributed by atoms with Crippen molar-refractivity contribution in [2.24, 2.45) is 0 Å². The van der Waals surface area contributed by atoms with E-state index in [2.05, 4.69) is 5.32 Å². The van der Waals surface area contributed by atoms with E-state index in [1.54, 1.807) is 18.0 Å². The van der Waals surface area contributed by atoms with Gasteiger partial charge >= 0.3 is 5.97 Å². The molecule has 0 bridgehead atoms. The molecule has 2 rings (SSSR count). The van der Waals surface area contributed by atoms with Crippen molar-refractivity contribution in [1.29, 1.82) is 0 Å². The highest BCUT2D eigenvalue weighted by atomic mass is 19.1. The van der Waals surface area contributed by atoms with E-state index >= 15 is 0 Å². The number of carboxylic acid groups (broad SMARTS) is 1. The predicted molar refractivity (Wildman–Crippen MR) is 77.5 cm³/mol. The standard InChI is InChI=1S/C15H17FN2O3/c1-18(9-14(19)17-10-5-6-10)13-4-2-3-12(16)11(13)7-8-15(20)21/h2-4,7-8,10H,5-6,9H2,1H3,(H,17,19)(H,20,21)/b8-7+.